The van der Waals surface area contributed by atoms with Crippen molar-refractivity contribution in [1.82, 2.24) is 5.32 Å². The molecular formula is C25H37NO5. The number of nitrogens with one attached hydrogen (secondary N) is 1. The predicted octanol–water partition coefficient (Wildman–Crippen LogP) is 5.35. The normalized spacial score (nSPS) is 12.6. The Hall–Kier alpha value is -2.63. The summed E-state index contributed by atoms with van der Waals surface area (Å²) < 4.78 is 10.5. The molecule has 0 fully saturated rings. The van der Waals surface area contributed by atoms with Crippen LogP contribution in [-0.4, -0.2) is 29.5 Å². The van der Waals surface area contributed by atoms with Crippen molar-refractivity contribution in [3.63, 3.8) is 0 Å². The zero-order valence-electron chi connectivity index (χ0n) is 19.5. The standard InChI is InChI=1S/C25H37NO5/c1-19(2)23(26-24(29)31-25(3,4)5)21(27)16-12-7-6-8-13-17-22(28)30-18-20-14-10-9-11-15-20/h9-12,14-16,19,23H,6-8,13,17-18H2,1-5H3,(H,26,29)/b16-12+/t23-/m0/s1. The molecule has 0 spiro atoms. The zero-order chi connectivity index (χ0) is 23.3. The second-order valence-corrected chi connectivity index (χ2v) is 8.92. The van der Waals surface area contributed by atoms with E-state index in [9.17, 15) is 14.4 Å². The summed E-state index contributed by atoms with van der Waals surface area (Å²) in [5, 5.41) is 2.66. The molecule has 0 aliphatic rings. The van der Waals surface area contributed by atoms with Crippen LogP contribution < -0.4 is 5.32 Å². The van der Waals surface area contributed by atoms with E-state index in [0.717, 1.165) is 31.2 Å². The van der Waals surface area contributed by atoms with Gasteiger partial charge in [0.1, 0.15) is 12.2 Å². The summed E-state index contributed by atoms with van der Waals surface area (Å²) in [6.07, 6.45) is 6.40. The molecule has 1 atom stereocenters. The van der Waals surface area contributed by atoms with Crippen LogP contribution in [0.5, 0.6) is 0 Å². The molecule has 1 amide bonds. The number of carbonyl (C=O) groups is 3. The minimum absolute atomic E-state index is 0.0495. The Labute approximate surface area is 186 Å². The number of ketones is 1. The number of amides is 1. The molecule has 6 nitrogen and oxygen atoms in total. The summed E-state index contributed by atoms with van der Waals surface area (Å²) in [5.74, 6) is -0.389. The Morgan fingerprint density at radius 1 is 1.03 bits per heavy atom. The first-order valence-electron chi connectivity index (χ1n) is 11.0. The maximum Gasteiger partial charge on any atom is 0.408 e. The van der Waals surface area contributed by atoms with Gasteiger partial charge in [-0.25, -0.2) is 4.79 Å². The predicted molar refractivity (Wildman–Crippen MR) is 121 cm³/mol. The van der Waals surface area contributed by atoms with E-state index in [2.05, 4.69) is 5.32 Å². The molecule has 172 valence electrons. The van der Waals surface area contributed by atoms with E-state index >= 15 is 0 Å². The van der Waals surface area contributed by atoms with Crippen LogP contribution in [0.3, 0.4) is 0 Å². The lowest BCUT2D eigenvalue weighted by Crippen LogP contribution is -2.45. The molecule has 0 unspecified atom stereocenters. The minimum atomic E-state index is -0.620. The summed E-state index contributed by atoms with van der Waals surface area (Å²) in [7, 11) is 0. The fourth-order valence-electron chi connectivity index (χ4n) is 2.82. The number of allylic oxidation sites excluding steroid dienone is 1. The highest BCUT2D eigenvalue weighted by molar-refractivity contribution is 5.96. The Balaban J connectivity index is 2.24. The molecule has 0 radical (unpaired) electrons. The highest BCUT2D eigenvalue weighted by atomic mass is 16.6. The van der Waals surface area contributed by atoms with Crippen LogP contribution in [0, 0.1) is 5.92 Å². The fourth-order valence-corrected chi connectivity index (χ4v) is 2.82. The molecule has 0 aliphatic heterocycles. The minimum Gasteiger partial charge on any atom is -0.461 e. The summed E-state index contributed by atoms with van der Waals surface area (Å²) in [6.45, 7) is 9.40. The van der Waals surface area contributed by atoms with Gasteiger partial charge in [-0.3, -0.25) is 9.59 Å². The van der Waals surface area contributed by atoms with Gasteiger partial charge in [0.15, 0.2) is 5.78 Å². The van der Waals surface area contributed by atoms with Gasteiger partial charge < -0.3 is 14.8 Å². The molecule has 1 N–H and O–H groups in total. The van der Waals surface area contributed by atoms with E-state index in [0.29, 0.717) is 13.0 Å². The van der Waals surface area contributed by atoms with E-state index in [-0.39, 0.29) is 17.7 Å². The van der Waals surface area contributed by atoms with Crippen molar-refractivity contribution >= 4 is 17.8 Å². The Morgan fingerprint density at radius 2 is 1.71 bits per heavy atom. The number of carbonyl (C=O) groups excluding carboxylic acids is 3. The van der Waals surface area contributed by atoms with E-state index in [1.165, 1.54) is 6.08 Å². The number of ether oxygens (including phenoxy) is 2. The average molecular weight is 432 g/mol. The van der Waals surface area contributed by atoms with Crippen LogP contribution in [0.15, 0.2) is 42.5 Å². The molecular weight excluding hydrogens is 394 g/mol. The molecule has 6 heteroatoms. The molecule has 0 aromatic heterocycles. The largest absolute Gasteiger partial charge is 0.461 e. The van der Waals surface area contributed by atoms with Gasteiger partial charge in [-0.05, 0) is 57.6 Å². The van der Waals surface area contributed by atoms with E-state index in [1.54, 1.807) is 20.8 Å². The lowest BCUT2D eigenvalue weighted by molar-refractivity contribution is -0.145. The molecule has 31 heavy (non-hydrogen) atoms. The van der Waals surface area contributed by atoms with E-state index < -0.39 is 17.7 Å². The number of unbranched alkanes of at least 4 members (excludes halogenated alkanes) is 3. The van der Waals surface area contributed by atoms with Crippen molar-refractivity contribution in [1.29, 1.82) is 0 Å². The van der Waals surface area contributed by atoms with Crippen LogP contribution in [0.4, 0.5) is 4.79 Å². The first-order valence-corrected chi connectivity index (χ1v) is 11.0. The average Bonchev–Trinajstić information content (AvgIpc) is 2.68. The first kappa shape index (κ1) is 26.4. The number of alkyl carbamates (subject to hydrolysis) is 1. The van der Waals surface area contributed by atoms with Crippen molar-refractivity contribution in [3.05, 3.63) is 48.0 Å². The van der Waals surface area contributed by atoms with Crippen molar-refractivity contribution in [2.24, 2.45) is 5.92 Å². The van der Waals surface area contributed by atoms with Crippen LogP contribution in [-0.2, 0) is 25.7 Å². The highest BCUT2D eigenvalue weighted by Crippen LogP contribution is 2.11. The van der Waals surface area contributed by atoms with Crippen molar-refractivity contribution in [2.75, 3.05) is 0 Å². The smallest absolute Gasteiger partial charge is 0.408 e. The van der Waals surface area contributed by atoms with Gasteiger partial charge in [-0.2, -0.15) is 0 Å². The summed E-state index contributed by atoms with van der Waals surface area (Å²) in [6, 6.07) is 8.98. The van der Waals surface area contributed by atoms with Gasteiger partial charge in [-0.15, -0.1) is 0 Å². The lowest BCUT2D eigenvalue weighted by atomic mass is 9.99. The van der Waals surface area contributed by atoms with Gasteiger partial charge >= 0.3 is 12.1 Å². The molecule has 1 aromatic carbocycles. The van der Waals surface area contributed by atoms with Crippen molar-refractivity contribution in [3.8, 4) is 0 Å². The second kappa shape index (κ2) is 13.6. The Bertz CT molecular complexity index is 719. The Kier molecular flexibility index (Phi) is 11.6. The molecule has 1 rings (SSSR count). The lowest BCUT2D eigenvalue weighted by Gasteiger charge is -2.24. The maximum atomic E-state index is 12.4. The van der Waals surface area contributed by atoms with Gasteiger partial charge in [0.05, 0.1) is 6.04 Å². The number of esters is 1. The SMILES string of the molecule is CC(C)[C@H](NC(=O)OC(C)(C)C)C(=O)/C=C/CCCCCC(=O)OCc1ccccc1. The molecule has 0 saturated heterocycles. The Morgan fingerprint density at radius 3 is 2.32 bits per heavy atom. The van der Waals surface area contributed by atoms with Crippen LogP contribution in [0.25, 0.3) is 0 Å². The van der Waals surface area contributed by atoms with Gasteiger partial charge in [0.2, 0.25) is 0 Å². The van der Waals surface area contributed by atoms with Crippen LogP contribution >= 0.6 is 0 Å². The number of benzene rings is 1. The second-order valence-electron chi connectivity index (χ2n) is 8.92. The molecule has 0 heterocycles. The van der Waals surface area contributed by atoms with E-state index in [1.807, 2.05) is 50.3 Å². The topological polar surface area (TPSA) is 81.7 Å². The maximum absolute atomic E-state index is 12.4. The van der Waals surface area contributed by atoms with Crippen LogP contribution in [0.1, 0.15) is 72.3 Å². The molecule has 0 saturated carbocycles. The highest BCUT2D eigenvalue weighted by Gasteiger charge is 2.25. The summed E-state index contributed by atoms with van der Waals surface area (Å²) in [5.41, 5.74) is 0.366. The van der Waals surface area contributed by atoms with Crippen molar-refractivity contribution < 1.29 is 23.9 Å². The third-order valence-electron chi connectivity index (χ3n) is 4.42. The fraction of sp³-hybridized carbons (Fsp3) is 0.560. The summed E-state index contributed by atoms with van der Waals surface area (Å²) in [4.78, 5) is 36.2. The zero-order valence-corrected chi connectivity index (χ0v) is 19.5. The molecule has 0 aliphatic carbocycles. The van der Waals surface area contributed by atoms with E-state index in [4.69, 9.17) is 9.47 Å². The number of hydrogen-bond donors (Lipinski definition) is 1. The quantitative estimate of drug-likeness (QED) is 0.274. The van der Waals surface area contributed by atoms with Crippen molar-refractivity contribution in [2.45, 2.75) is 85.0 Å². The monoisotopic (exact) mass is 431 g/mol. The first-order chi connectivity index (χ1) is 14.6. The van der Waals surface area contributed by atoms with Gasteiger partial charge in [0, 0.05) is 6.42 Å². The molecule has 1 aromatic rings. The number of hydrogen-bond acceptors (Lipinski definition) is 5. The summed E-state index contributed by atoms with van der Waals surface area (Å²) >= 11 is 0. The van der Waals surface area contributed by atoms with Gasteiger partial charge in [0.25, 0.3) is 0 Å². The van der Waals surface area contributed by atoms with Crippen LogP contribution in [0.2, 0.25) is 0 Å². The third kappa shape index (κ3) is 12.6. The molecule has 0 bridgehead atoms. The third-order valence-corrected chi connectivity index (χ3v) is 4.42. The number of rotatable bonds is 12. The van der Waals surface area contributed by atoms with Gasteiger partial charge in [-0.1, -0.05) is 56.7 Å².